The van der Waals surface area contributed by atoms with Gasteiger partial charge in [0.1, 0.15) is 0 Å². The number of rotatable bonds is 4. The summed E-state index contributed by atoms with van der Waals surface area (Å²) in [6.07, 6.45) is 0. The molecule has 0 radical (unpaired) electrons. The number of aliphatic hydroxyl groups is 2. The topological polar surface area (TPSA) is 78.5 Å². The van der Waals surface area contributed by atoms with Crippen molar-refractivity contribution in [2.24, 2.45) is 0 Å². The van der Waals surface area contributed by atoms with Crippen LogP contribution in [0.25, 0.3) is 0 Å². The number of nitrogens with one attached hydrogen (secondary N) is 1. The predicted octanol–water partition coefficient (Wildman–Crippen LogP) is 4.26. The number of nitrogens with two attached hydrogens (primary N) is 1. The van der Waals surface area contributed by atoms with E-state index >= 15 is 0 Å². The zero-order valence-corrected chi connectivity index (χ0v) is 17.3. The average Bonchev–Trinajstić information content (AvgIpc) is 2.53. The molecule has 0 fully saturated rings. The Labute approximate surface area is 162 Å². The van der Waals surface area contributed by atoms with Gasteiger partial charge in [-0.25, -0.2) is 0 Å². The Hall–Kier alpha value is -0.600. The van der Waals surface area contributed by atoms with E-state index in [0.29, 0.717) is 11.9 Å². The van der Waals surface area contributed by atoms with Crippen molar-refractivity contribution < 1.29 is 10.2 Å². The molecule has 2 aromatic carbocycles. The van der Waals surface area contributed by atoms with Crippen molar-refractivity contribution in [1.29, 1.82) is 0 Å². The molecule has 2 aromatic rings. The fraction of sp³-hybridized carbons (Fsp3) is 0.250. The lowest BCUT2D eigenvalue weighted by Crippen LogP contribution is -2.04. The highest BCUT2D eigenvalue weighted by molar-refractivity contribution is 9.10. The number of hydrogen-bond acceptors (Lipinski definition) is 4. The summed E-state index contributed by atoms with van der Waals surface area (Å²) < 4.78 is 2.07. The van der Waals surface area contributed by atoms with Crippen LogP contribution in [-0.4, -0.2) is 35.3 Å². The third-order valence-electron chi connectivity index (χ3n) is 2.20. The van der Waals surface area contributed by atoms with Crippen LogP contribution in [0.3, 0.4) is 0 Å². The maximum Gasteiger partial charge on any atom is 0.0604 e. The normalized spacial score (nSPS) is 9.09. The molecule has 0 atom stereocenters. The van der Waals surface area contributed by atoms with Crippen LogP contribution in [0.4, 0.5) is 11.4 Å². The second-order valence-electron chi connectivity index (χ2n) is 4.13. The molecule has 0 amide bonds. The van der Waals surface area contributed by atoms with Gasteiger partial charge in [-0.2, -0.15) is 0 Å². The molecule has 0 heterocycles. The number of anilines is 2. The molecule has 128 valence electrons. The van der Waals surface area contributed by atoms with E-state index in [9.17, 15) is 0 Å². The summed E-state index contributed by atoms with van der Waals surface area (Å²) in [4.78, 5) is 0. The van der Waals surface area contributed by atoms with Crippen molar-refractivity contribution in [3.63, 3.8) is 0 Å². The Morgan fingerprint density at radius 1 is 0.913 bits per heavy atom. The second kappa shape index (κ2) is 15.0. The Kier molecular flexibility index (Phi) is 14.6. The third-order valence-corrected chi connectivity index (χ3v) is 3.54. The first-order chi connectivity index (χ1) is 11.0. The highest BCUT2D eigenvalue weighted by Gasteiger charge is 1.90. The lowest BCUT2D eigenvalue weighted by atomic mass is 10.3. The van der Waals surface area contributed by atoms with E-state index in [0.717, 1.165) is 20.3 Å². The zero-order valence-electron chi connectivity index (χ0n) is 12.6. The van der Waals surface area contributed by atoms with Gasteiger partial charge < -0.3 is 21.3 Å². The zero-order chi connectivity index (χ0) is 17.5. The van der Waals surface area contributed by atoms with E-state index in [4.69, 9.17) is 15.9 Å². The Bertz CT molecular complexity index is 523. The van der Waals surface area contributed by atoms with Gasteiger partial charge in [0.25, 0.3) is 0 Å². The molecule has 0 aliphatic heterocycles. The van der Waals surface area contributed by atoms with Gasteiger partial charge in [0.15, 0.2) is 0 Å². The lowest BCUT2D eigenvalue weighted by molar-refractivity contribution is 0.311. The second-order valence-corrected chi connectivity index (χ2v) is 6.75. The fourth-order valence-electron chi connectivity index (χ4n) is 1.31. The van der Waals surface area contributed by atoms with Crippen LogP contribution in [0.15, 0.2) is 57.5 Å². The molecule has 0 spiro atoms. The van der Waals surface area contributed by atoms with Gasteiger partial charge in [0.05, 0.1) is 13.2 Å². The summed E-state index contributed by atoms with van der Waals surface area (Å²) in [6, 6.07) is 15.4. The predicted molar refractivity (Wildman–Crippen MR) is 109 cm³/mol. The number of alkyl halides is 1. The van der Waals surface area contributed by atoms with E-state index in [1.807, 2.05) is 48.5 Å². The lowest BCUT2D eigenvalue weighted by Gasteiger charge is -2.03. The Morgan fingerprint density at radius 3 is 1.87 bits per heavy atom. The summed E-state index contributed by atoms with van der Waals surface area (Å²) >= 11 is 9.63. The van der Waals surface area contributed by atoms with Gasteiger partial charge in [0, 0.05) is 32.2 Å². The van der Waals surface area contributed by atoms with Crippen LogP contribution < -0.4 is 11.1 Å². The minimum atomic E-state index is 0.159. The molecular weight excluding hydrogens is 492 g/mol. The average molecular weight is 513 g/mol. The maximum absolute atomic E-state index is 8.52. The first-order valence-electron chi connectivity index (χ1n) is 6.81. The number of benzene rings is 2. The van der Waals surface area contributed by atoms with Crippen molar-refractivity contribution >= 4 is 59.2 Å². The number of aliphatic hydroxyl groups excluding tert-OH is 2. The van der Waals surface area contributed by atoms with Crippen LogP contribution in [0.1, 0.15) is 0 Å². The molecule has 0 aliphatic rings. The molecule has 0 saturated carbocycles. The fourth-order valence-corrected chi connectivity index (χ4v) is 2.12. The summed E-state index contributed by atoms with van der Waals surface area (Å²) in [5, 5.41) is 20.1. The summed E-state index contributed by atoms with van der Waals surface area (Å²) in [5.74, 6) is 0. The number of halogens is 3. The molecule has 7 heteroatoms. The first-order valence-corrected chi connectivity index (χ1v) is 9.52. The van der Waals surface area contributed by atoms with Crippen LogP contribution in [0, 0.1) is 0 Å². The molecule has 0 saturated heterocycles. The van der Waals surface area contributed by atoms with E-state index < -0.39 is 0 Å². The third kappa shape index (κ3) is 13.5. The highest BCUT2D eigenvalue weighted by atomic mass is 79.9. The molecule has 0 aliphatic carbocycles. The summed E-state index contributed by atoms with van der Waals surface area (Å²) in [6.45, 7) is 0.989. The van der Waals surface area contributed by atoms with E-state index in [-0.39, 0.29) is 13.2 Å². The van der Waals surface area contributed by atoms with Crippen LogP contribution in [-0.2, 0) is 0 Å². The van der Waals surface area contributed by atoms with Gasteiger partial charge in [-0.1, -0.05) is 59.9 Å². The van der Waals surface area contributed by atoms with Gasteiger partial charge in [-0.05, 0) is 36.4 Å². The minimum Gasteiger partial charge on any atom is -0.399 e. The summed E-state index contributed by atoms with van der Waals surface area (Å²) in [7, 11) is 0. The van der Waals surface area contributed by atoms with Crippen LogP contribution in [0.5, 0.6) is 0 Å². The molecule has 0 aromatic heterocycles. The van der Waals surface area contributed by atoms with Crippen molar-refractivity contribution in [3.05, 3.63) is 57.5 Å². The Balaban J connectivity index is 0.000000354. The van der Waals surface area contributed by atoms with Gasteiger partial charge in [-0.15, -0.1) is 0 Å². The quantitative estimate of drug-likeness (QED) is 0.364. The van der Waals surface area contributed by atoms with Gasteiger partial charge in [-0.3, -0.25) is 0 Å². The molecule has 5 N–H and O–H groups in total. The van der Waals surface area contributed by atoms with E-state index in [1.54, 1.807) is 0 Å². The SMILES string of the molecule is Nc1cccc(Br)c1.OCCBr.OCCNc1cccc(Br)c1. The molecule has 4 nitrogen and oxygen atoms in total. The van der Waals surface area contributed by atoms with Gasteiger partial charge in [0.2, 0.25) is 0 Å². The number of nitrogen functional groups attached to an aromatic ring is 1. The molecule has 0 unspecified atom stereocenters. The smallest absolute Gasteiger partial charge is 0.0604 e. The van der Waals surface area contributed by atoms with Crippen molar-refractivity contribution in [1.82, 2.24) is 0 Å². The largest absolute Gasteiger partial charge is 0.399 e. The van der Waals surface area contributed by atoms with Crippen molar-refractivity contribution in [2.75, 3.05) is 36.1 Å². The van der Waals surface area contributed by atoms with Crippen molar-refractivity contribution in [3.8, 4) is 0 Å². The van der Waals surface area contributed by atoms with Gasteiger partial charge >= 0.3 is 0 Å². The maximum atomic E-state index is 8.52. The number of hydrogen-bond donors (Lipinski definition) is 4. The van der Waals surface area contributed by atoms with Crippen LogP contribution in [0.2, 0.25) is 0 Å². The molecule has 2 rings (SSSR count). The van der Waals surface area contributed by atoms with E-state index in [2.05, 4.69) is 53.1 Å². The van der Waals surface area contributed by atoms with E-state index in [1.165, 1.54) is 0 Å². The van der Waals surface area contributed by atoms with Crippen molar-refractivity contribution in [2.45, 2.75) is 0 Å². The standard InChI is InChI=1S/C8H10BrNO.C6H6BrN.C2H5BrO/c9-7-2-1-3-8(6-7)10-4-5-11;7-5-2-1-3-6(8)4-5;3-1-2-4/h1-3,6,10-11H,4-5H2;1-4H,8H2;4H,1-2H2. The first kappa shape index (κ1) is 22.4. The monoisotopic (exact) mass is 510 g/mol. The molecule has 0 bridgehead atoms. The summed E-state index contributed by atoms with van der Waals surface area (Å²) in [5.41, 5.74) is 7.24. The van der Waals surface area contributed by atoms with Crippen LogP contribution >= 0.6 is 47.8 Å². The Morgan fingerprint density at radius 2 is 1.48 bits per heavy atom. The highest BCUT2D eigenvalue weighted by Crippen LogP contribution is 2.15. The molecule has 23 heavy (non-hydrogen) atoms. The molecular formula is C16H21Br3N2O2. The minimum absolute atomic E-state index is 0.159.